The van der Waals surface area contributed by atoms with E-state index < -0.39 is 5.97 Å². The number of ether oxygens (including phenoxy) is 1. The highest BCUT2D eigenvalue weighted by Crippen LogP contribution is 2.24. The summed E-state index contributed by atoms with van der Waals surface area (Å²) in [5, 5.41) is 6.19. The molecule has 0 bridgehead atoms. The van der Waals surface area contributed by atoms with Crippen LogP contribution in [0.25, 0.3) is 0 Å². The maximum atomic E-state index is 11.6. The molecular formula is C13H15N3O2S. The zero-order valence-electron chi connectivity index (χ0n) is 10.7. The monoisotopic (exact) mass is 277 g/mol. The second kappa shape index (κ2) is 5.71. The predicted octanol–water partition coefficient (Wildman–Crippen LogP) is 2.69. The lowest BCUT2D eigenvalue weighted by Gasteiger charge is -2.14. The van der Waals surface area contributed by atoms with E-state index in [1.807, 2.05) is 18.4 Å². The minimum Gasteiger partial charge on any atom is -0.465 e. The predicted molar refractivity (Wildman–Crippen MR) is 76.3 cm³/mol. The molecule has 0 saturated heterocycles. The van der Waals surface area contributed by atoms with Gasteiger partial charge in [-0.25, -0.2) is 9.78 Å². The molecule has 1 heterocycles. The first kappa shape index (κ1) is 13.4. The number of nitrogens with one attached hydrogen (secondary N) is 1. The Labute approximate surface area is 115 Å². The molecule has 0 aliphatic rings. The summed E-state index contributed by atoms with van der Waals surface area (Å²) in [6.45, 7) is 2.01. The van der Waals surface area contributed by atoms with Crippen LogP contribution in [-0.4, -0.2) is 18.1 Å². The van der Waals surface area contributed by atoms with Crippen LogP contribution >= 0.6 is 11.3 Å². The number of carbonyl (C=O) groups is 1. The number of esters is 1. The fourth-order valence-electron chi connectivity index (χ4n) is 1.69. The molecule has 19 heavy (non-hydrogen) atoms. The molecule has 0 saturated carbocycles. The van der Waals surface area contributed by atoms with E-state index in [-0.39, 0.29) is 6.04 Å². The van der Waals surface area contributed by atoms with Gasteiger partial charge in [-0.2, -0.15) is 0 Å². The highest BCUT2D eigenvalue weighted by molar-refractivity contribution is 7.09. The van der Waals surface area contributed by atoms with E-state index in [9.17, 15) is 4.79 Å². The van der Waals surface area contributed by atoms with Gasteiger partial charge in [0.1, 0.15) is 5.01 Å². The van der Waals surface area contributed by atoms with Crippen LogP contribution in [0, 0.1) is 0 Å². The molecule has 0 fully saturated rings. The lowest BCUT2D eigenvalue weighted by atomic mass is 10.1. The number of nitrogen functional groups attached to an aromatic ring is 1. The summed E-state index contributed by atoms with van der Waals surface area (Å²) in [5.74, 6) is -0.442. The Morgan fingerprint density at radius 2 is 2.32 bits per heavy atom. The Kier molecular flexibility index (Phi) is 4.01. The maximum absolute atomic E-state index is 11.6. The summed E-state index contributed by atoms with van der Waals surface area (Å²) >= 11 is 1.58. The van der Waals surface area contributed by atoms with Crippen LogP contribution in [0.4, 0.5) is 11.4 Å². The van der Waals surface area contributed by atoms with Gasteiger partial charge in [0.25, 0.3) is 0 Å². The van der Waals surface area contributed by atoms with Crippen molar-refractivity contribution in [3.05, 3.63) is 40.3 Å². The Balaban J connectivity index is 2.19. The Morgan fingerprint density at radius 1 is 1.53 bits per heavy atom. The Bertz CT molecular complexity index is 569. The zero-order chi connectivity index (χ0) is 13.8. The van der Waals surface area contributed by atoms with Gasteiger partial charge >= 0.3 is 5.97 Å². The topological polar surface area (TPSA) is 77.2 Å². The maximum Gasteiger partial charge on any atom is 0.340 e. The summed E-state index contributed by atoms with van der Waals surface area (Å²) in [6, 6.07) is 5.26. The van der Waals surface area contributed by atoms with Crippen molar-refractivity contribution in [2.45, 2.75) is 13.0 Å². The molecule has 0 amide bonds. The average Bonchev–Trinajstić information content (AvgIpc) is 2.94. The van der Waals surface area contributed by atoms with Gasteiger partial charge < -0.3 is 15.8 Å². The number of benzene rings is 1. The van der Waals surface area contributed by atoms with Crippen molar-refractivity contribution >= 4 is 28.7 Å². The van der Waals surface area contributed by atoms with Crippen molar-refractivity contribution in [2.75, 3.05) is 18.2 Å². The van der Waals surface area contributed by atoms with Gasteiger partial charge in [0.15, 0.2) is 0 Å². The van der Waals surface area contributed by atoms with Crippen molar-refractivity contribution in [3.63, 3.8) is 0 Å². The van der Waals surface area contributed by atoms with E-state index >= 15 is 0 Å². The smallest absolute Gasteiger partial charge is 0.340 e. The number of nitrogens with two attached hydrogens (primary N) is 1. The molecule has 1 atom stereocenters. The first-order chi connectivity index (χ1) is 9.11. The second-order valence-corrected chi connectivity index (χ2v) is 4.96. The summed E-state index contributed by atoms with van der Waals surface area (Å²) in [4.78, 5) is 15.8. The van der Waals surface area contributed by atoms with Gasteiger partial charge in [0, 0.05) is 23.0 Å². The van der Waals surface area contributed by atoms with E-state index in [1.54, 1.807) is 29.7 Å². The third-order valence-electron chi connectivity index (χ3n) is 2.66. The van der Waals surface area contributed by atoms with Gasteiger partial charge in [-0.1, -0.05) is 0 Å². The standard InChI is InChI=1S/C13H15N3O2S/c1-8(12-15-5-6-19-12)16-9-3-4-11(14)10(7-9)13(17)18-2/h3-8,16H,14H2,1-2H3. The highest BCUT2D eigenvalue weighted by atomic mass is 32.1. The summed E-state index contributed by atoms with van der Waals surface area (Å²) in [5.41, 5.74) is 7.32. The van der Waals surface area contributed by atoms with Crippen LogP contribution in [0.15, 0.2) is 29.8 Å². The molecule has 1 unspecified atom stereocenters. The van der Waals surface area contributed by atoms with Gasteiger partial charge in [-0.05, 0) is 25.1 Å². The molecule has 1 aromatic heterocycles. The van der Waals surface area contributed by atoms with Crippen LogP contribution in [-0.2, 0) is 4.74 Å². The number of carbonyl (C=O) groups excluding carboxylic acids is 1. The number of aromatic nitrogens is 1. The number of methoxy groups -OCH3 is 1. The summed E-state index contributed by atoms with van der Waals surface area (Å²) < 4.78 is 4.69. The molecule has 1 aromatic carbocycles. The second-order valence-electron chi connectivity index (χ2n) is 4.03. The summed E-state index contributed by atoms with van der Waals surface area (Å²) in [6.07, 6.45) is 1.76. The number of nitrogens with zero attached hydrogens (tertiary/aromatic N) is 1. The van der Waals surface area contributed by atoms with Gasteiger partial charge in [0.2, 0.25) is 0 Å². The van der Waals surface area contributed by atoms with Crippen LogP contribution < -0.4 is 11.1 Å². The van der Waals surface area contributed by atoms with Crippen LogP contribution in [0.1, 0.15) is 28.3 Å². The molecule has 0 spiro atoms. The first-order valence-electron chi connectivity index (χ1n) is 5.75. The van der Waals surface area contributed by atoms with Crippen LogP contribution in [0.5, 0.6) is 0 Å². The van der Waals surface area contributed by atoms with Crippen molar-refractivity contribution in [1.29, 1.82) is 0 Å². The van der Waals surface area contributed by atoms with E-state index in [2.05, 4.69) is 10.3 Å². The molecule has 2 aromatic rings. The quantitative estimate of drug-likeness (QED) is 0.663. The molecular weight excluding hydrogens is 262 g/mol. The highest BCUT2D eigenvalue weighted by Gasteiger charge is 2.13. The molecule has 2 rings (SSSR count). The third-order valence-corrected chi connectivity index (χ3v) is 3.62. The van der Waals surface area contributed by atoms with Crippen LogP contribution in [0.3, 0.4) is 0 Å². The lowest BCUT2D eigenvalue weighted by Crippen LogP contribution is -2.09. The van der Waals surface area contributed by atoms with Crippen LogP contribution in [0.2, 0.25) is 0 Å². The van der Waals surface area contributed by atoms with E-state index in [4.69, 9.17) is 10.5 Å². The normalized spacial score (nSPS) is 11.9. The van der Waals surface area contributed by atoms with Gasteiger partial charge in [-0.15, -0.1) is 11.3 Å². The Morgan fingerprint density at radius 3 is 2.95 bits per heavy atom. The third kappa shape index (κ3) is 3.03. The number of rotatable bonds is 4. The fraction of sp³-hybridized carbons (Fsp3) is 0.231. The fourth-order valence-corrected chi connectivity index (χ4v) is 2.34. The molecule has 3 N–H and O–H groups in total. The number of anilines is 2. The van der Waals surface area contributed by atoms with Crippen molar-refractivity contribution in [3.8, 4) is 0 Å². The number of hydrogen-bond acceptors (Lipinski definition) is 6. The molecule has 0 aliphatic heterocycles. The largest absolute Gasteiger partial charge is 0.465 e. The first-order valence-corrected chi connectivity index (χ1v) is 6.63. The number of thiazole rings is 1. The lowest BCUT2D eigenvalue weighted by molar-refractivity contribution is 0.0602. The van der Waals surface area contributed by atoms with Crippen molar-refractivity contribution in [1.82, 2.24) is 4.98 Å². The van der Waals surface area contributed by atoms with Gasteiger partial charge in [0.05, 0.1) is 18.7 Å². The van der Waals surface area contributed by atoms with Crippen molar-refractivity contribution in [2.24, 2.45) is 0 Å². The number of hydrogen-bond donors (Lipinski definition) is 2. The minimum absolute atomic E-state index is 0.0640. The van der Waals surface area contributed by atoms with Gasteiger partial charge in [-0.3, -0.25) is 0 Å². The zero-order valence-corrected chi connectivity index (χ0v) is 11.5. The molecule has 0 aliphatic carbocycles. The molecule has 100 valence electrons. The molecule has 0 radical (unpaired) electrons. The summed E-state index contributed by atoms with van der Waals surface area (Å²) in [7, 11) is 1.33. The van der Waals surface area contributed by atoms with E-state index in [0.717, 1.165) is 10.7 Å². The SMILES string of the molecule is COC(=O)c1cc(NC(C)c2nccs2)ccc1N. The van der Waals surface area contributed by atoms with Crippen molar-refractivity contribution < 1.29 is 9.53 Å². The minimum atomic E-state index is -0.442. The average molecular weight is 277 g/mol. The van der Waals surface area contributed by atoms with E-state index in [1.165, 1.54) is 7.11 Å². The molecule has 5 nitrogen and oxygen atoms in total. The molecule has 6 heteroatoms. The van der Waals surface area contributed by atoms with E-state index in [0.29, 0.717) is 11.3 Å². The Hall–Kier alpha value is -2.08.